The largest absolute Gasteiger partial charge is 0.493 e. The Kier molecular flexibility index (Phi) is 8.18. The van der Waals surface area contributed by atoms with Gasteiger partial charge in [-0.1, -0.05) is 54.6 Å². The molecule has 8 nitrogen and oxygen atoms in total. The highest BCUT2D eigenvalue weighted by Crippen LogP contribution is 2.37. The minimum Gasteiger partial charge on any atom is -0.493 e. The zero-order valence-corrected chi connectivity index (χ0v) is 21.1. The average molecular weight is 503 g/mol. The molecule has 0 aliphatic heterocycles. The van der Waals surface area contributed by atoms with Gasteiger partial charge in [-0.05, 0) is 42.9 Å². The Morgan fingerprint density at radius 1 is 1.03 bits per heavy atom. The number of benzene rings is 2. The number of methoxy groups -OCH3 is 1. The maximum Gasteiger partial charge on any atom is 0.328 e. The molecular weight excluding hydrogens is 472 g/mol. The van der Waals surface area contributed by atoms with Crippen LogP contribution in [-0.4, -0.2) is 42.1 Å². The van der Waals surface area contributed by atoms with Gasteiger partial charge >= 0.3 is 11.9 Å². The fourth-order valence-electron chi connectivity index (χ4n) is 4.68. The van der Waals surface area contributed by atoms with Crippen molar-refractivity contribution in [2.24, 2.45) is 0 Å². The number of fused-ring (bicyclic) bond motifs is 1. The molecule has 3 aromatic rings. The second kappa shape index (κ2) is 11.7. The number of rotatable bonds is 7. The summed E-state index contributed by atoms with van der Waals surface area (Å²) in [5.41, 5.74) is 3.29. The number of aromatic nitrogens is 1. The van der Waals surface area contributed by atoms with Crippen LogP contribution in [0.1, 0.15) is 59.8 Å². The van der Waals surface area contributed by atoms with Crippen molar-refractivity contribution in [1.82, 2.24) is 10.3 Å². The number of ether oxygens (including phenoxy) is 3. The first-order valence-corrected chi connectivity index (χ1v) is 12.2. The number of esters is 2. The number of carbonyl (C=O) groups is 3. The van der Waals surface area contributed by atoms with Crippen LogP contribution >= 0.6 is 0 Å². The highest BCUT2D eigenvalue weighted by molar-refractivity contribution is 5.98. The Morgan fingerprint density at radius 2 is 1.76 bits per heavy atom. The molecule has 0 fully saturated rings. The highest BCUT2D eigenvalue weighted by atomic mass is 16.6. The van der Waals surface area contributed by atoms with Crippen LogP contribution in [0.5, 0.6) is 11.5 Å². The predicted molar refractivity (Wildman–Crippen MR) is 137 cm³/mol. The van der Waals surface area contributed by atoms with E-state index < -0.39 is 30.0 Å². The summed E-state index contributed by atoms with van der Waals surface area (Å²) in [7, 11) is 1.39. The summed E-state index contributed by atoms with van der Waals surface area (Å²) in [6.07, 6.45) is 3.43. The molecule has 1 amide bonds. The standard InChI is InChI=1S/C29H30N2O6/c1-18(31-28(33)26-27(36-19(2)32)24(35-3)16-17-30-26)29(34)37-23-15-9-13-20-10-7-8-14-22(20)25(23)21-11-5-4-6-12-21/h4-8,10-12,14,16-18,23,25H,9,13,15H2,1-3H3,(H,31,33)/t18-,23?,25?/m0/s1. The van der Waals surface area contributed by atoms with Crippen LogP contribution in [0.15, 0.2) is 66.9 Å². The van der Waals surface area contributed by atoms with Gasteiger partial charge < -0.3 is 19.5 Å². The molecule has 0 bridgehead atoms. The molecule has 1 aromatic heterocycles. The lowest BCUT2D eigenvalue weighted by molar-refractivity contribution is -0.152. The van der Waals surface area contributed by atoms with E-state index in [-0.39, 0.29) is 23.1 Å². The Balaban J connectivity index is 1.54. The third kappa shape index (κ3) is 5.97. The van der Waals surface area contributed by atoms with E-state index in [1.165, 1.54) is 31.9 Å². The normalized spacial score (nSPS) is 17.5. The molecule has 192 valence electrons. The maximum atomic E-state index is 13.2. The van der Waals surface area contributed by atoms with E-state index in [2.05, 4.69) is 22.4 Å². The third-order valence-electron chi connectivity index (χ3n) is 6.37. The monoisotopic (exact) mass is 502 g/mol. The van der Waals surface area contributed by atoms with E-state index in [0.717, 1.165) is 24.0 Å². The molecule has 37 heavy (non-hydrogen) atoms. The summed E-state index contributed by atoms with van der Waals surface area (Å²) < 4.78 is 16.4. The van der Waals surface area contributed by atoms with Crippen LogP contribution in [0.25, 0.3) is 0 Å². The van der Waals surface area contributed by atoms with E-state index in [9.17, 15) is 14.4 Å². The van der Waals surface area contributed by atoms with Gasteiger partial charge in [-0.3, -0.25) is 9.59 Å². The molecule has 0 saturated heterocycles. The van der Waals surface area contributed by atoms with Crippen LogP contribution in [0.4, 0.5) is 0 Å². The van der Waals surface area contributed by atoms with Gasteiger partial charge in [0.25, 0.3) is 5.91 Å². The Hall–Kier alpha value is -4.20. The van der Waals surface area contributed by atoms with Gasteiger partial charge in [0.15, 0.2) is 11.4 Å². The molecule has 0 spiro atoms. The van der Waals surface area contributed by atoms with E-state index in [4.69, 9.17) is 14.2 Å². The lowest BCUT2D eigenvalue weighted by Gasteiger charge is -2.28. The van der Waals surface area contributed by atoms with Crippen molar-refractivity contribution in [2.45, 2.75) is 51.2 Å². The molecule has 0 saturated carbocycles. The number of aryl methyl sites for hydroxylation is 1. The lowest BCUT2D eigenvalue weighted by atomic mass is 9.84. The summed E-state index contributed by atoms with van der Waals surface area (Å²) in [5, 5.41) is 2.62. The second-order valence-electron chi connectivity index (χ2n) is 8.93. The second-order valence-corrected chi connectivity index (χ2v) is 8.93. The van der Waals surface area contributed by atoms with Gasteiger partial charge in [0.05, 0.1) is 7.11 Å². The molecule has 1 heterocycles. The lowest BCUT2D eigenvalue weighted by Crippen LogP contribution is -2.42. The Labute approximate surface area is 216 Å². The van der Waals surface area contributed by atoms with Crippen molar-refractivity contribution in [1.29, 1.82) is 0 Å². The third-order valence-corrected chi connectivity index (χ3v) is 6.37. The van der Waals surface area contributed by atoms with Crippen molar-refractivity contribution in [3.63, 3.8) is 0 Å². The SMILES string of the molecule is COc1ccnc(C(=O)N[C@@H](C)C(=O)OC2CCCc3ccccc3C2c2ccccc2)c1OC(C)=O. The van der Waals surface area contributed by atoms with Gasteiger partial charge in [0.1, 0.15) is 12.1 Å². The zero-order valence-electron chi connectivity index (χ0n) is 21.1. The van der Waals surface area contributed by atoms with E-state index in [1.807, 2.05) is 42.5 Å². The van der Waals surface area contributed by atoms with Crippen molar-refractivity contribution in [2.75, 3.05) is 7.11 Å². The van der Waals surface area contributed by atoms with Gasteiger partial charge in [0, 0.05) is 25.1 Å². The van der Waals surface area contributed by atoms with Crippen LogP contribution in [-0.2, 0) is 20.7 Å². The van der Waals surface area contributed by atoms with Crippen LogP contribution in [0.2, 0.25) is 0 Å². The highest BCUT2D eigenvalue weighted by Gasteiger charge is 2.33. The van der Waals surface area contributed by atoms with E-state index >= 15 is 0 Å². The van der Waals surface area contributed by atoms with Gasteiger partial charge in [-0.2, -0.15) is 0 Å². The summed E-state index contributed by atoms with van der Waals surface area (Å²) in [5.74, 6) is -1.94. The molecule has 3 atom stereocenters. The number of carbonyl (C=O) groups excluding carboxylic acids is 3. The molecule has 0 radical (unpaired) electrons. The quantitative estimate of drug-likeness (QED) is 0.381. The number of nitrogens with one attached hydrogen (secondary N) is 1. The number of amides is 1. The van der Waals surface area contributed by atoms with Gasteiger partial charge in [-0.15, -0.1) is 0 Å². The number of hydrogen-bond donors (Lipinski definition) is 1. The summed E-state index contributed by atoms with van der Waals surface area (Å²) in [4.78, 5) is 41.8. The van der Waals surface area contributed by atoms with Crippen molar-refractivity contribution in [3.8, 4) is 11.5 Å². The summed E-state index contributed by atoms with van der Waals surface area (Å²) in [6, 6.07) is 18.8. The molecule has 1 N–H and O–H groups in total. The van der Waals surface area contributed by atoms with Gasteiger partial charge in [-0.25, -0.2) is 9.78 Å². The number of hydrogen-bond acceptors (Lipinski definition) is 7. The smallest absolute Gasteiger partial charge is 0.328 e. The zero-order chi connectivity index (χ0) is 26.4. The Morgan fingerprint density at radius 3 is 2.49 bits per heavy atom. The van der Waals surface area contributed by atoms with Crippen molar-refractivity contribution in [3.05, 3.63) is 89.2 Å². The number of pyridine rings is 1. The fraction of sp³-hybridized carbons (Fsp3) is 0.310. The topological polar surface area (TPSA) is 104 Å². The number of nitrogens with zero attached hydrogens (tertiary/aromatic N) is 1. The van der Waals surface area contributed by atoms with Crippen molar-refractivity contribution >= 4 is 17.8 Å². The Bertz CT molecular complexity index is 1280. The minimum absolute atomic E-state index is 0.111. The fourth-order valence-corrected chi connectivity index (χ4v) is 4.68. The first-order chi connectivity index (χ1) is 17.9. The average Bonchev–Trinajstić information content (AvgIpc) is 3.07. The van der Waals surface area contributed by atoms with E-state index in [0.29, 0.717) is 6.42 Å². The molecule has 1 aliphatic carbocycles. The molecule has 8 heteroatoms. The summed E-state index contributed by atoms with van der Waals surface area (Å²) in [6.45, 7) is 2.76. The van der Waals surface area contributed by atoms with Crippen molar-refractivity contribution < 1.29 is 28.6 Å². The predicted octanol–water partition coefficient (Wildman–Crippen LogP) is 4.21. The first kappa shape index (κ1) is 25.9. The molecule has 1 aliphatic rings. The molecule has 2 aromatic carbocycles. The molecule has 4 rings (SSSR count). The van der Waals surface area contributed by atoms with Crippen LogP contribution in [0.3, 0.4) is 0 Å². The van der Waals surface area contributed by atoms with Gasteiger partial charge in [0.2, 0.25) is 5.75 Å². The first-order valence-electron chi connectivity index (χ1n) is 12.2. The molecular formula is C29H30N2O6. The van der Waals surface area contributed by atoms with Crippen LogP contribution < -0.4 is 14.8 Å². The molecule has 2 unspecified atom stereocenters. The summed E-state index contributed by atoms with van der Waals surface area (Å²) >= 11 is 0. The van der Waals surface area contributed by atoms with Crippen LogP contribution in [0, 0.1) is 0 Å². The minimum atomic E-state index is -0.972. The maximum absolute atomic E-state index is 13.2. The van der Waals surface area contributed by atoms with E-state index in [1.54, 1.807) is 6.92 Å².